The summed E-state index contributed by atoms with van der Waals surface area (Å²) in [6.45, 7) is 7.56. The van der Waals surface area contributed by atoms with Gasteiger partial charge in [0.1, 0.15) is 0 Å². The molecule has 148 valence electrons. The number of hydrogen-bond acceptors (Lipinski definition) is 4. The van der Waals surface area contributed by atoms with Crippen molar-refractivity contribution in [1.29, 1.82) is 0 Å². The molecule has 7 heteroatoms. The van der Waals surface area contributed by atoms with Crippen molar-refractivity contribution in [3.63, 3.8) is 0 Å². The van der Waals surface area contributed by atoms with Gasteiger partial charge in [0, 0.05) is 24.1 Å². The Morgan fingerprint density at radius 1 is 1.07 bits per heavy atom. The van der Waals surface area contributed by atoms with Crippen LogP contribution in [0.4, 0.5) is 0 Å². The standard InChI is InChI=1S/C22H24N6O/c1-15-13-19(22(29)23-11-12-27-16(2)9-10-24-27)20-17(3)26-28(21(20)25-15)14-18-7-5-4-6-8-18/h4-10,13H,11-12,14H2,1-3H3,(H,23,29). The summed E-state index contributed by atoms with van der Waals surface area (Å²) in [5.74, 6) is -0.118. The minimum Gasteiger partial charge on any atom is -0.350 e. The number of aromatic nitrogens is 5. The molecule has 0 unspecified atom stereocenters. The first-order valence-corrected chi connectivity index (χ1v) is 9.68. The van der Waals surface area contributed by atoms with Crippen LogP contribution in [0.1, 0.15) is 33.0 Å². The maximum atomic E-state index is 12.9. The number of amides is 1. The van der Waals surface area contributed by atoms with E-state index in [9.17, 15) is 4.79 Å². The average molecular weight is 388 g/mol. The molecule has 3 aromatic heterocycles. The summed E-state index contributed by atoms with van der Waals surface area (Å²) in [6, 6.07) is 13.9. The Morgan fingerprint density at radius 3 is 2.59 bits per heavy atom. The zero-order valence-electron chi connectivity index (χ0n) is 16.9. The second-order valence-corrected chi connectivity index (χ2v) is 7.19. The molecule has 0 aliphatic heterocycles. The van der Waals surface area contributed by atoms with Crippen LogP contribution in [-0.2, 0) is 13.1 Å². The van der Waals surface area contributed by atoms with Gasteiger partial charge < -0.3 is 5.32 Å². The Kier molecular flexibility index (Phi) is 5.12. The molecule has 0 radical (unpaired) electrons. The summed E-state index contributed by atoms with van der Waals surface area (Å²) in [7, 11) is 0. The van der Waals surface area contributed by atoms with Gasteiger partial charge in [0.2, 0.25) is 0 Å². The molecule has 1 aromatic carbocycles. The molecule has 7 nitrogen and oxygen atoms in total. The van der Waals surface area contributed by atoms with E-state index < -0.39 is 0 Å². The summed E-state index contributed by atoms with van der Waals surface area (Å²) < 4.78 is 3.74. The Hall–Kier alpha value is -3.48. The van der Waals surface area contributed by atoms with E-state index in [4.69, 9.17) is 0 Å². The second-order valence-electron chi connectivity index (χ2n) is 7.19. The van der Waals surface area contributed by atoms with Crippen molar-refractivity contribution in [2.24, 2.45) is 0 Å². The number of benzene rings is 1. The number of fused-ring (bicyclic) bond motifs is 1. The zero-order chi connectivity index (χ0) is 20.4. The molecule has 3 heterocycles. The van der Waals surface area contributed by atoms with Gasteiger partial charge in [-0.05, 0) is 38.5 Å². The minimum atomic E-state index is -0.118. The van der Waals surface area contributed by atoms with Gasteiger partial charge in [-0.25, -0.2) is 9.67 Å². The first-order valence-electron chi connectivity index (χ1n) is 9.68. The molecule has 0 spiro atoms. The van der Waals surface area contributed by atoms with E-state index in [1.807, 2.05) is 60.5 Å². The van der Waals surface area contributed by atoms with Crippen LogP contribution < -0.4 is 5.32 Å². The molecule has 29 heavy (non-hydrogen) atoms. The number of pyridine rings is 1. The SMILES string of the molecule is Cc1cc(C(=O)NCCn2nccc2C)c2c(C)nn(Cc3ccccc3)c2n1. The van der Waals surface area contributed by atoms with Gasteiger partial charge in [-0.3, -0.25) is 9.48 Å². The Labute approximate surface area is 169 Å². The van der Waals surface area contributed by atoms with Crippen molar-refractivity contribution < 1.29 is 4.79 Å². The number of nitrogens with zero attached hydrogens (tertiary/aromatic N) is 5. The van der Waals surface area contributed by atoms with Crippen LogP contribution in [0, 0.1) is 20.8 Å². The molecule has 4 rings (SSSR count). The second kappa shape index (κ2) is 7.87. The highest BCUT2D eigenvalue weighted by atomic mass is 16.1. The van der Waals surface area contributed by atoms with E-state index in [1.165, 1.54) is 0 Å². The van der Waals surface area contributed by atoms with E-state index in [-0.39, 0.29) is 5.91 Å². The summed E-state index contributed by atoms with van der Waals surface area (Å²) in [6.07, 6.45) is 1.76. The number of hydrogen-bond donors (Lipinski definition) is 1. The number of carbonyl (C=O) groups excluding carboxylic acids is 1. The van der Waals surface area contributed by atoms with Crippen LogP contribution in [0.15, 0.2) is 48.7 Å². The predicted molar refractivity (Wildman–Crippen MR) is 112 cm³/mol. The highest BCUT2D eigenvalue weighted by molar-refractivity contribution is 6.06. The van der Waals surface area contributed by atoms with Crippen LogP contribution >= 0.6 is 0 Å². The van der Waals surface area contributed by atoms with Crippen LogP contribution in [0.2, 0.25) is 0 Å². The van der Waals surface area contributed by atoms with Gasteiger partial charge in [0.15, 0.2) is 5.65 Å². The maximum Gasteiger partial charge on any atom is 0.252 e. The lowest BCUT2D eigenvalue weighted by molar-refractivity contribution is 0.0953. The first kappa shape index (κ1) is 18.9. The predicted octanol–water partition coefficient (Wildman–Crippen LogP) is 3.03. The summed E-state index contributed by atoms with van der Waals surface area (Å²) in [5.41, 5.74) is 5.15. The molecule has 1 N–H and O–H groups in total. The molecule has 0 atom stereocenters. The van der Waals surface area contributed by atoms with E-state index in [1.54, 1.807) is 6.20 Å². The van der Waals surface area contributed by atoms with Crippen LogP contribution in [0.25, 0.3) is 11.0 Å². The lowest BCUT2D eigenvalue weighted by Gasteiger charge is -2.09. The van der Waals surface area contributed by atoms with Crippen molar-refractivity contribution in [1.82, 2.24) is 29.9 Å². The van der Waals surface area contributed by atoms with Crippen LogP contribution in [-0.4, -0.2) is 37.0 Å². The van der Waals surface area contributed by atoms with Gasteiger partial charge >= 0.3 is 0 Å². The summed E-state index contributed by atoms with van der Waals surface area (Å²) in [4.78, 5) is 17.6. The van der Waals surface area contributed by atoms with Gasteiger partial charge in [0.25, 0.3) is 5.91 Å². The third-order valence-corrected chi connectivity index (χ3v) is 4.96. The van der Waals surface area contributed by atoms with E-state index in [0.29, 0.717) is 25.2 Å². The molecule has 0 aliphatic rings. The van der Waals surface area contributed by atoms with Gasteiger partial charge in [0.05, 0.1) is 29.7 Å². The van der Waals surface area contributed by atoms with Gasteiger partial charge in [-0.2, -0.15) is 10.2 Å². The lowest BCUT2D eigenvalue weighted by atomic mass is 10.1. The molecule has 1 amide bonds. The topological polar surface area (TPSA) is 77.6 Å². The summed E-state index contributed by atoms with van der Waals surface area (Å²) >= 11 is 0. The zero-order valence-corrected chi connectivity index (χ0v) is 16.9. The fourth-order valence-electron chi connectivity index (χ4n) is 3.53. The lowest BCUT2D eigenvalue weighted by Crippen LogP contribution is -2.28. The molecule has 0 saturated carbocycles. The average Bonchev–Trinajstić information content (AvgIpc) is 3.25. The number of aryl methyl sites for hydroxylation is 3. The van der Waals surface area contributed by atoms with Crippen LogP contribution in [0.3, 0.4) is 0 Å². The molecular weight excluding hydrogens is 364 g/mol. The molecule has 0 fully saturated rings. The quantitative estimate of drug-likeness (QED) is 0.551. The number of nitrogens with one attached hydrogen (secondary N) is 1. The van der Waals surface area contributed by atoms with Crippen molar-refractivity contribution in [3.8, 4) is 0 Å². The highest BCUT2D eigenvalue weighted by Crippen LogP contribution is 2.23. The highest BCUT2D eigenvalue weighted by Gasteiger charge is 2.18. The van der Waals surface area contributed by atoms with E-state index in [2.05, 4.69) is 32.6 Å². The van der Waals surface area contributed by atoms with Crippen molar-refractivity contribution in [2.75, 3.05) is 6.54 Å². The van der Waals surface area contributed by atoms with Crippen molar-refractivity contribution in [2.45, 2.75) is 33.9 Å². The number of carbonyl (C=O) groups is 1. The van der Waals surface area contributed by atoms with Crippen LogP contribution in [0.5, 0.6) is 0 Å². The Morgan fingerprint density at radius 2 is 1.86 bits per heavy atom. The van der Waals surface area contributed by atoms with E-state index in [0.717, 1.165) is 33.7 Å². The largest absolute Gasteiger partial charge is 0.350 e. The van der Waals surface area contributed by atoms with Crippen molar-refractivity contribution >= 4 is 16.9 Å². The monoisotopic (exact) mass is 388 g/mol. The fraction of sp³-hybridized carbons (Fsp3) is 0.273. The Balaban J connectivity index is 1.60. The molecule has 0 bridgehead atoms. The molecule has 4 aromatic rings. The third kappa shape index (κ3) is 3.89. The normalized spacial score (nSPS) is 11.1. The van der Waals surface area contributed by atoms with E-state index >= 15 is 0 Å². The molecular formula is C22H24N6O. The van der Waals surface area contributed by atoms with Crippen molar-refractivity contribution in [3.05, 3.63) is 76.9 Å². The first-order chi connectivity index (χ1) is 14.0. The smallest absolute Gasteiger partial charge is 0.252 e. The number of rotatable bonds is 6. The summed E-state index contributed by atoms with van der Waals surface area (Å²) in [5, 5.41) is 12.7. The van der Waals surface area contributed by atoms with Gasteiger partial charge in [-0.15, -0.1) is 0 Å². The maximum absolute atomic E-state index is 12.9. The molecule has 0 aliphatic carbocycles. The van der Waals surface area contributed by atoms with Gasteiger partial charge in [-0.1, -0.05) is 30.3 Å². The third-order valence-electron chi connectivity index (χ3n) is 4.96. The molecule has 0 saturated heterocycles. The Bertz CT molecular complexity index is 1160. The minimum absolute atomic E-state index is 0.118. The fourth-order valence-corrected chi connectivity index (χ4v) is 3.53.